The molecule has 0 aromatic heterocycles. The van der Waals surface area contributed by atoms with Crippen molar-refractivity contribution >= 4 is 11.9 Å². The molecule has 5 heteroatoms. The molecule has 1 unspecified atom stereocenters. The summed E-state index contributed by atoms with van der Waals surface area (Å²) in [6.07, 6.45) is 9.93. The van der Waals surface area contributed by atoms with Gasteiger partial charge < -0.3 is 10.6 Å². The second kappa shape index (κ2) is 8.28. The third kappa shape index (κ3) is 4.41. The van der Waals surface area contributed by atoms with Crippen molar-refractivity contribution < 1.29 is 9.59 Å². The number of unbranched alkanes of at least 4 members (excludes halogenated alkanes) is 3. The topological polar surface area (TPSA) is 61.4 Å². The Bertz CT molecular complexity index is 509. The molecule has 0 aromatic rings. The molecule has 1 spiro atoms. The number of carbonyl (C=O) groups is 2. The van der Waals surface area contributed by atoms with Crippen LogP contribution >= 0.6 is 0 Å². The summed E-state index contributed by atoms with van der Waals surface area (Å²) >= 11 is 0. The Labute approximate surface area is 159 Å². The minimum Gasteiger partial charge on any atom is -0.323 e. The summed E-state index contributed by atoms with van der Waals surface area (Å²) in [7, 11) is 0. The van der Waals surface area contributed by atoms with Crippen LogP contribution in [0.3, 0.4) is 0 Å². The molecule has 2 fully saturated rings. The van der Waals surface area contributed by atoms with E-state index in [1.54, 1.807) is 0 Å². The first-order chi connectivity index (χ1) is 12.2. The van der Waals surface area contributed by atoms with Crippen molar-refractivity contribution in [2.75, 3.05) is 6.54 Å². The smallest absolute Gasteiger partial charge is 0.323 e. The van der Waals surface area contributed by atoms with Crippen molar-refractivity contribution in [1.29, 1.82) is 0 Å². The fraction of sp³-hybridized carbons (Fsp3) is 0.905. The number of piperidine rings is 1. The van der Waals surface area contributed by atoms with Crippen LogP contribution in [0.4, 0.5) is 4.79 Å². The van der Waals surface area contributed by atoms with Gasteiger partial charge in [0.25, 0.3) is 5.91 Å². The molecule has 3 amide bonds. The summed E-state index contributed by atoms with van der Waals surface area (Å²) in [5, 5.41) is 7.04. The molecule has 0 saturated carbocycles. The predicted octanol–water partition coefficient (Wildman–Crippen LogP) is 4.36. The first-order valence-corrected chi connectivity index (χ1v) is 10.7. The number of rotatable bonds is 9. The maximum atomic E-state index is 13.3. The molecular weight excluding hydrogens is 326 g/mol. The summed E-state index contributed by atoms with van der Waals surface area (Å²) in [6.45, 7) is 11.4. The average molecular weight is 366 g/mol. The number of imide groups is 1. The van der Waals surface area contributed by atoms with Crippen molar-refractivity contribution in [2.24, 2.45) is 0 Å². The summed E-state index contributed by atoms with van der Waals surface area (Å²) in [6, 6.07) is -0.193. The van der Waals surface area contributed by atoms with Crippen molar-refractivity contribution in [1.82, 2.24) is 15.5 Å². The number of amides is 3. The Kier molecular flexibility index (Phi) is 6.75. The average Bonchev–Trinajstić information content (AvgIpc) is 2.77. The van der Waals surface area contributed by atoms with Gasteiger partial charge in [0.05, 0.1) is 0 Å². The summed E-state index contributed by atoms with van der Waals surface area (Å²) in [5.41, 5.74) is -0.984. The van der Waals surface area contributed by atoms with E-state index >= 15 is 0 Å². The van der Waals surface area contributed by atoms with Gasteiger partial charge in [0.2, 0.25) is 0 Å². The monoisotopic (exact) mass is 365 g/mol. The van der Waals surface area contributed by atoms with Crippen molar-refractivity contribution in [2.45, 2.75) is 115 Å². The molecule has 26 heavy (non-hydrogen) atoms. The number of urea groups is 1. The highest BCUT2D eigenvalue weighted by Gasteiger charge is 2.59. The molecule has 5 nitrogen and oxygen atoms in total. The zero-order chi connectivity index (χ0) is 19.4. The van der Waals surface area contributed by atoms with Crippen LogP contribution in [0.2, 0.25) is 0 Å². The van der Waals surface area contributed by atoms with Gasteiger partial charge in [0.1, 0.15) is 5.54 Å². The number of carbonyl (C=O) groups excluding carboxylic acids is 2. The third-order valence-electron chi connectivity index (χ3n) is 5.99. The van der Waals surface area contributed by atoms with Crippen molar-refractivity contribution in [3.05, 3.63) is 0 Å². The Morgan fingerprint density at radius 3 is 2.04 bits per heavy atom. The minimum atomic E-state index is -0.735. The largest absolute Gasteiger partial charge is 0.325 e. The maximum absolute atomic E-state index is 13.3. The molecule has 2 heterocycles. The minimum absolute atomic E-state index is 0.00268. The van der Waals surface area contributed by atoms with E-state index in [4.69, 9.17) is 0 Å². The van der Waals surface area contributed by atoms with E-state index in [9.17, 15) is 9.59 Å². The molecule has 2 aliphatic rings. The van der Waals surface area contributed by atoms with Gasteiger partial charge in [-0.3, -0.25) is 9.69 Å². The molecule has 0 aromatic carbocycles. The first kappa shape index (κ1) is 21.2. The number of hydrogen-bond donors (Lipinski definition) is 2. The number of nitrogens with one attached hydrogen (secondary N) is 2. The lowest BCUT2D eigenvalue weighted by Gasteiger charge is -2.53. The quantitative estimate of drug-likeness (QED) is 0.597. The summed E-state index contributed by atoms with van der Waals surface area (Å²) in [5.74, 6) is 0.00268. The van der Waals surface area contributed by atoms with E-state index in [-0.39, 0.29) is 23.0 Å². The van der Waals surface area contributed by atoms with Crippen LogP contribution in [0.25, 0.3) is 0 Å². The normalized spacial score (nSPS) is 27.2. The molecule has 0 bridgehead atoms. The van der Waals surface area contributed by atoms with Crippen LogP contribution in [-0.4, -0.2) is 40.0 Å². The van der Waals surface area contributed by atoms with Crippen molar-refractivity contribution in [3.63, 3.8) is 0 Å². The molecule has 2 N–H and O–H groups in total. The van der Waals surface area contributed by atoms with Crippen LogP contribution in [0.1, 0.15) is 98.8 Å². The Morgan fingerprint density at radius 1 is 0.923 bits per heavy atom. The van der Waals surface area contributed by atoms with Crippen LogP contribution < -0.4 is 10.6 Å². The Hall–Kier alpha value is -1.10. The van der Waals surface area contributed by atoms with Gasteiger partial charge in [0.15, 0.2) is 0 Å². The van der Waals surface area contributed by atoms with E-state index in [2.05, 4.69) is 45.3 Å². The zero-order valence-corrected chi connectivity index (χ0v) is 17.5. The highest BCUT2D eigenvalue weighted by molar-refractivity contribution is 6.07. The van der Waals surface area contributed by atoms with Crippen molar-refractivity contribution in [3.8, 4) is 0 Å². The van der Waals surface area contributed by atoms with Crippen LogP contribution in [0, 0.1) is 0 Å². The molecule has 0 radical (unpaired) electrons. The standard InChI is InChI=1S/C21H39N3O2/c1-6-9-12-20(13-10-7-2)16-21(15-19(4,5)23-20)17(25)24(14-11-8-3)18(26)22-21/h23H,6-16H2,1-5H3,(H,22,26). The molecular formula is C21H39N3O2. The lowest BCUT2D eigenvalue weighted by Crippen LogP contribution is -2.70. The Morgan fingerprint density at radius 2 is 1.50 bits per heavy atom. The highest BCUT2D eigenvalue weighted by atomic mass is 16.2. The lowest BCUT2D eigenvalue weighted by atomic mass is 9.66. The fourth-order valence-corrected chi connectivity index (χ4v) is 5.09. The Balaban J connectivity index is 2.32. The van der Waals surface area contributed by atoms with E-state index in [1.165, 1.54) is 4.90 Å². The van der Waals surface area contributed by atoms with E-state index in [0.29, 0.717) is 13.0 Å². The van der Waals surface area contributed by atoms with Crippen LogP contribution in [0.15, 0.2) is 0 Å². The lowest BCUT2D eigenvalue weighted by molar-refractivity contribution is -0.135. The second-order valence-electron chi connectivity index (χ2n) is 9.17. The SMILES string of the molecule is CCCCN1C(=O)NC2(CC(C)(C)NC(CCCC)(CCCC)C2)C1=O. The molecule has 1 atom stereocenters. The highest BCUT2D eigenvalue weighted by Crippen LogP contribution is 2.44. The second-order valence-corrected chi connectivity index (χ2v) is 9.17. The zero-order valence-electron chi connectivity index (χ0n) is 17.5. The molecule has 150 valence electrons. The molecule has 2 rings (SSSR count). The van der Waals surface area contributed by atoms with Gasteiger partial charge in [0, 0.05) is 17.6 Å². The first-order valence-electron chi connectivity index (χ1n) is 10.7. The third-order valence-corrected chi connectivity index (χ3v) is 5.99. The van der Waals surface area contributed by atoms with Crippen LogP contribution in [-0.2, 0) is 4.79 Å². The fourth-order valence-electron chi connectivity index (χ4n) is 5.09. The van der Waals surface area contributed by atoms with Gasteiger partial charge >= 0.3 is 6.03 Å². The summed E-state index contributed by atoms with van der Waals surface area (Å²) < 4.78 is 0. The van der Waals surface area contributed by atoms with Gasteiger partial charge in [-0.05, 0) is 46.0 Å². The summed E-state index contributed by atoms with van der Waals surface area (Å²) in [4.78, 5) is 27.4. The number of nitrogens with zero attached hydrogens (tertiary/aromatic N) is 1. The van der Waals surface area contributed by atoms with E-state index in [1.807, 2.05) is 0 Å². The molecule has 2 aliphatic heterocycles. The molecule has 2 saturated heterocycles. The van der Waals surface area contributed by atoms with E-state index in [0.717, 1.165) is 57.8 Å². The van der Waals surface area contributed by atoms with Gasteiger partial charge in [-0.15, -0.1) is 0 Å². The molecule has 0 aliphatic carbocycles. The number of hydrogen-bond acceptors (Lipinski definition) is 3. The predicted molar refractivity (Wildman–Crippen MR) is 106 cm³/mol. The van der Waals surface area contributed by atoms with Crippen LogP contribution in [0.5, 0.6) is 0 Å². The van der Waals surface area contributed by atoms with E-state index < -0.39 is 5.54 Å². The van der Waals surface area contributed by atoms with Gasteiger partial charge in [-0.1, -0.05) is 52.9 Å². The maximum Gasteiger partial charge on any atom is 0.325 e. The van der Waals surface area contributed by atoms with Gasteiger partial charge in [-0.25, -0.2) is 4.79 Å². The van der Waals surface area contributed by atoms with Gasteiger partial charge in [-0.2, -0.15) is 0 Å².